The molecule has 35 heavy (non-hydrogen) atoms. The number of nitrogens with zero attached hydrogens (tertiary/aromatic N) is 3. The lowest BCUT2D eigenvalue weighted by Crippen LogP contribution is -2.40. The van der Waals surface area contributed by atoms with Crippen LogP contribution in [0.15, 0.2) is 66.9 Å². The summed E-state index contributed by atoms with van der Waals surface area (Å²) in [7, 11) is 0. The Bertz CT molecular complexity index is 1330. The second-order valence-corrected chi connectivity index (χ2v) is 8.76. The molecule has 0 radical (unpaired) electrons. The maximum absolute atomic E-state index is 13.0. The van der Waals surface area contributed by atoms with Gasteiger partial charge in [-0.15, -0.1) is 0 Å². The Morgan fingerprint density at radius 2 is 2.03 bits per heavy atom. The molecule has 1 amide bonds. The van der Waals surface area contributed by atoms with Gasteiger partial charge < -0.3 is 10.6 Å². The molecule has 1 unspecified atom stereocenters. The van der Waals surface area contributed by atoms with Gasteiger partial charge in [-0.25, -0.2) is 0 Å². The van der Waals surface area contributed by atoms with Gasteiger partial charge in [-0.05, 0) is 80.5 Å². The number of hydrogen-bond acceptors (Lipinski definition) is 5. The number of likely N-dealkylation sites (tertiary alicyclic amines) is 1. The van der Waals surface area contributed by atoms with Gasteiger partial charge in [-0.2, -0.15) is 5.10 Å². The summed E-state index contributed by atoms with van der Waals surface area (Å²) in [6, 6.07) is 19.9. The molecule has 7 heteroatoms. The Morgan fingerprint density at radius 1 is 1.14 bits per heavy atom. The number of benzene rings is 2. The molecule has 5 rings (SSSR count). The number of hydrogen-bond donors (Lipinski definition) is 3. The van der Waals surface area contributed by atoms with Crippen molar-refractivity contribution in [2.24, 2.45) is 0 Å². The third-order valence-electron chi connectivity index (χ3n) is 6.55. The lowest BCUT2D eigenvalue weighted by molar-refractivity contribution is 0.0942. The molecule has 3 heterocycles. The van der Waals surface area contributed by atoms with E-state index in [0.717, 1.165) is 53.2 Å². The number of para-hydroxylation sites is 1. The highest BCUT2D eigenvalue weighted by Gasteiger charge is 2.23. The summed E-state index contributed by atoms with van der Waals surface area (Å²) in [6.45, 7) is 4.99. The lowest BCUT2D eigenvalue weighted by atomic mass is 10.1. The van der Waals surface area contributed by atoms with E-state index in [-0.39, 0.29) is 5.91 Å². The zero-order chi connectivity index (χ0) is 24.0. The van der Waals surface area contributed by atoms with Crippen LogP contribution in [-0.2, 0) is 0 Å². The van der Waals surface area contributed by atoms with E-state index >= 15 is 0 Å². The first-order chi connectivity index (χ1) is 17.2. The first-order valence-electron chi connectivity index (χ1n) is 12.2. The third-order valence-corrected chi connectivity index (χ3v) is 6.55. The summed E-state index contributed by atoms with van der Waals surface area (Å²) < 4.78 is 0. The lowest BCUT2D eigenvalue weighted by Gasteiger charge is -2.23. The van der Waals surface area contributed by atoms with Crippen LogP contribution in [0.2, 0.25) is 0 Å². The summed E-state index contributed by atoms with van der Waals surface area (Å²) in [6.07, 6.45) is 8.01. The molecule has 0 aliphatic carbocycles. The van der Waals surface area contributed by atoms with Crippen molar-refractivity contribution in [3.8, 4) is 0 Å². The summed E-state index contributed by atoms with van der Waals surface area (Å²) in [5.41, 5.74) is 4.94. The number of carbonyl (C=O) groups excluding carboxylic acids is 1. The van der Waals surface area contributed by atoms with Crippen LogP contribution in [0, 0.1) is 0 Å². The Hall–Kier alpha value is -3.97. The molecule has 0 spiro atoms. The second-order valence-electron chi connectivity index (χ2n) is 8.76. The third kappa shape index (κ3) is 5.25. The number of fused-ring (bicyclic) bond motifs is 1. The molecule has 2 aromatic heterocycles. The van der Waals surface area contributed by atoms with Gasteiger partial charge in [0, 0.05) is 29.9 Å². The fraction of sp³-hybridized carbons (Fsp3) is 0.250. The van der Waals surface area contributed by atoms with Gasteiger partial charge in [0.25, 0.3) is 5.91 Å². The van der Waals surface area contributed by atoms with Gasteiger partial charge >= 0.3 is 0 Å². The highest BCUT2D eigenvalue weighted by molar-refractivity contribution is 6.00. The van der Waals surface area contributed by atoms with E-state index in [4.69, 9.17) is 0 Å². The van der Waals surface area contributed by atoms with Gasteiger partial charge in [-0.1, -0.05) is 25.1 Å². The van der Waals surface area contributed by atoms with Crippen LogP contribution in [0.5, 0.6) is 0 Å². The average Bonchev–Trinajstić information content (AvgIpc) is 3.53. The minimum absolute atomic E-state index is 0.0550. The van der Waals surface area contributed by atoms with Crippen molar-refractivity contribution in [1.29, 1.82) is 0 Å². The number of rotatable bonds is 8. The van der Waals surface area contributed by atoms with Crippen LogP contribution >= 0.6 is 0 Å². The van der Waals surface area contributed by atoms with Crippen LogP contribution < -0.4 is 10.6 Å². The topological polar surface area (TPSA) is 85.9 Å². The molecule has 1 fully saturated rings. The van der Waals surface area contributed by atoms with Gasteiger partial charge in [0.1, 0.15) is 0 Å². The van der Waals surface area contributed by atoms with Crippen molar-refractivity contribution < 1.29 is 4.79 Å². The molecule has 1 atom stereocenters. The highest BCUT2D eigenvalue weighted by Crippen LogP contribution is 2.26. The molecule has 3 N–H and O–H groups in total. The molecule has 1 aliphatic heterocycles. The summed E-state index contributed by atoms with van der Waals surface area (Å²) in [5.74, 6) is -0.0550. The monoisotopic (exact) mass is 466 g/mol. The average molecular weight is 467 g/mol. The van der Waals surface area contributed by atoms with Crippen molar-refractivity contribution in [3.63, 3.8) is 0 Å². The Labute approximate surface area is 205 Å². The van der Waals surface area contributed by atoms with E-state index in [0.29, 0.717) is 18.2 Å². The number of aromatic amines is 1. The van der Waals surface area contributed by atoms with Crippen LogP contribution in [-0.4, -0.2) is 51.7 Å². The molecule has 7 nitrogen and oxygen atoms in total. The Morgan fingerprint density at radius 3 is 2.89 bits per heavy atom. The van der Waals surface area contributed by atoms with Crippen LogP contribution in [0.4, 0.5) is 11.4 Å². The largest absolute Gasteiger partial charge is 0.355 e. The summed E-state index contributed by atoms with van der Waals surface area (Å²) in [4.78, 5) is 19.8. The number of carbonyl (C=O) groups is 1. The minimum atomic E-state index is -0.0550. The van der Waals surface area contributed by atoms with E-state index in [1.165, 1.54) is 6.42 Å². The fourth-order valence-corrected chi connectivity index (χ4v) is 4.68. The molecule has 1 aliphatic rings. The molecule has 2 aromatic carbocycles. The molecule has 4 aromatic rings. The van der Waals surface area contributed by atoms with E-state index < -0.39 is 0 Å². The van der Waals surface area contributed by atoms with Gasteiger partial charge in [0.15, 0.2) is 0 Å². The van der Waals surface area contributed by atoms with E-state index in [9.17, 15) is 4.79 Å². The number of aromatic nitrogens is 3. The number of likely N-dealkylation sites (N-methyl/N-ethyl adjacent to an activating group) is 1. The number of amides is 1. The van der Waals surface area contributed by atoms with Crippen molar-refractivity contribution in [3.05, 3.63) is 83.8 Å². The number of H-pyrrole nitrogens is 1. The molecular weight excluding hydrogens is 436 g/mol. The first-order valence-corrected chi connectivity index (χ1v) is 12.2. The molecule has 0 bridgehead atoms. The van der Waals surface area contributed by atoms with E-state index in [2.05, 4.69) is 37.6 Å². The number of nitrogens with one attached hydrogen (secondary N) is 3. The van der Waals surface area contributed by atoms with Crippen molar-refractivity contribution >= 4 is 40.3 Å². The summed E-state index contributed by atoms with van der Waals surface area (Å²) in [5, 5.41) is 15.1. The predicted octanol–water partition coefficient (Wildman–Crippen LogP) is 5.09. The predicted molar refractivity (Wildman–Crippen MR) is 142 cm³/mol. The minimum Gasteiger partial charge on any atom is -0.355 e. The first kappa shape index (κ1) is 22.8. The molecule has 0 saturated carbocycles. The van der Waals surface area contributed by atoms with Crippen LogP contribution in [0.3, 0.4) is 0 Å². The zero-order valence-corrected chi connectivity index (χ0v) is 19.9. The SMILES string of the molecule is CCN1CCCC1CNC(=O)c1ccccc1Nc1ccc2c(/C=C/c3ccccn3)n[nH]c2c1. The normalized spacial score (nSPS) is 16.2. The smallest absolute Gasteiger partial charge is 0.253 e. The van der Waals surface area contributed by atoms with Gasteiger partial charge in [0.2, 0.25) is 0 Å². The molecule has 1 saturated heterocycles. The van der Waals surface area contributed by atoms with Crippen LogP contribution in [0.25, 0.3) is 23.1 Å². The maximum atomic E-state index is 13.0. The summed E-state index contributed by atoms with van der Waals surface area (Å²) >= 11 is 0. The van der Waals surface area contributed by atoms with E-state index in [1.54, 1.807) is 6.20 Å². The van der Waals surface area contributed by atoms with E-state index in [1.807, 2.05) is 72.8 Å². The Kier molecular flexibility index (Phi) is 6.86. The number of pyridine rings is 1. The van der Waals surface area contributed by atoms with Crippen molar-refractivity contribution in [1.82, 2.24) is 25.4 Å². The standard InChI is InChI=1S/C28H30N6O/c1-2-34-17-7-9-22(34)19-30-28(35)24-10-3-4-11-25(24)31-21-12-14-23-26(32-33-27(23)18-21)15-13-20-8-5-6-16-29-20/h3-6,8,10-16,18,22,31H,2,7,9,17,19H2,1H3,(H,30,35)(H,32,33)/b15-13+. The maximum Gasteiger partial charge on any atom is 0.253 e. The second kappa shape index (κ2) is 10.5. The quantitative estimate of drug-likeness (QED) is 0.337. The van der Waals surface area contributed by atoms with Gasteiger partial charge in [0.05, 0.1) is 28.2 Å². The van der Waals surface area contributed by atoms with Crippen molar-refractivity contribution in [2.75, 3.05) is 25.0 Å². The fourth-order valence-electron chi connectivity index (χ4n) is 4.68. The molecular formula is C28H30N6O. The Balaban J connectivity index is 1.29. The molecule has 178 valence electrons. The van der Waals surface area contributed by atoms with Crippen LogP contribution in [0.1, 0.15) is 41.5 Å². The van der Waals surface area contributed by atoms with Crippen molar-refractivity contribution in [2.45, 2.75) is 25.8 Å². The zero-order valence-electron chi connectivity index (χ0n) is 19.9. The highest BCUT2D eigenvalue weighted by atomic mass is 16.1. The number of anilines is 2. The van der Waals surface area contributed by atoms with Gasteiger partial charge in [-0.3, -0.25) is 19.8 Å².